The first-order chi connectivity index (χ1) is 32.3. The molecule has 0 saturated heterocycles. The van der Waals surface area contributed by atoms with Gasteiger partial charge in [-0.3, -0.25) is 0 Å². The minimum atomic E-state index is 0.646. The van der Waals surface area contributed by atoms with Crippen LogP contribution >= 0.6 is 11.3 Å². The molecular formula is C61H37N3S. The molecular weight excluding hydrogens is 807 g/mol. The van der Waals surface area contributed by atoms with Gasteiger partial charge >= 0.3 is 0 Å². The number of benzene rings is 11. The van der Waals surface area contributed by atoms with Crippen molar-refractivity contribution in [3.63, 3.8) is 0 Å². The molecule has 0 radical (unpaired) electrons. The van der Waals surface area contributed by atoms with Crippen LogP contribution in [0.3, 0.4) is 0 Å². The summed E-state index contributed by atoms with van der Waals surface area (Å²) in [7, 11) is 0. The summed E-state index contributed by atoms with van der Waals surface area (Å²) in [6.45, 7) is 0. The molecule has 0 amide bonds. The highest BCUT2D eigenvalue weighted by atomic mass is 32.1. The van der Waals surface area contributed by atoms with Crippen LogP contribution in [0.25, 0.3) is 131 Å². The quantitative estimate of drug-likeness (QED) is 0.157. The van der Waals surface area contributed by atoms with Crippen molar-refractivity contribution in [3.8, 4) is 67.5 Å². The number of aromatic nitrogens is 3. The van der Waals surface area contributed by atoms with Gasteiger partial charge in [0, 0.05) is 36.9 Å². The number of hydrogen-bond acceptors (Lipinski definition) is 4. The molecule has 13 aromatic rings. The van der Waals surface area contributed by atoms with Crippen LogP contribution in [0.2, 0.25) is 0 Å². The summed E-state index contributed by atoms with van der Waals surface area (Å²) in [6, 6.07) is 80.6. The van der Waals surface area contributed by atoms with E-state index in [1.54, 1.807) is 0 Å². The van der Waals surface area contributed by atoms with Crippen LogP contribution in [-0.2, 0) is 0 Å². The van der Waals surface area contributed by atoms with Crippen molar-refractivity contribution >= 4 is 74.6 Å². The molecule has 2 aromatic heterocycles. The number of fused-ring (bicyclic) bond motifs is 7. The molecule has 0 atom stereocenters. The lowest BCUT2D eigenvalue weighted by atomic mass is 9.85. The molecule has 3 nitrogen and oxygen atoms in total. The summed E-state index contributed by atoms with van der Waals surface area (Å²) in [5, 5.41) is 12.0. The largest absolute Gasteiger partial charge is 0.208 e. The van der Waals surface area contributed by atoms with Crippen LogP contribution in [0, 0.1) is 0 Å². The Kier molecular flexibility index (Phi) is 8.71. The Hall–Kier alpha value is -8.31. The zero-order valence-corrected chi connectivity index (χ0v) is 35.9. The molecule has 0 aliphatic carbocycles. The fourth-order valence-electron chi connectivity index (χ4n) is 10.1. The van der Waals surface area contributed by atoms with Gasteiger partial charge in [-0.25, -0.2) is 15.0 Å². The summed E-state index contributed by atoms with van der Waals surface area (Å²) < 4.78 is 2.53. The van der Waals surface area contributed by atoms with E-state index in [-0.39, 0.29) is 0 Å². The predicted molar refractivity (Wildman–Crippen MR) is 275 cm³/mol. The van der Waals surface area contributed by atoms with Gasteiger partial charge in [-0.15, -0.1) is 11.3 Å². The second-order valence-electron chi connectivity index (χ2n) is 16.6. The predicted octanol–water partition coefficient (Wildman–Crippen LogP) is 16.9. The van der Waals surface area contributed by atoms with Gasteiger partial charge in [-0.1, -0.05) is 206 Å². The van der Waals surface area contributed by atoms with E-state index < -0.39 is 0 Å². The summed E-state index contributed by atoms with van der Waals surface area (Å²) in [5.41, 5.74) is 10.3. The van der Waals surface area contributed by atoms with Crippen molar-refractivity contribution in [1.29, 1.82) is 0 Å². The maximum absolute atomic E-state index is 5.27. The maximum Gasteiger partial charge on any atom is 0.165 e. The third kappa shape index (κ3) is 6.07. The van der Waals surface area contributed by atoms with Crippen LogP contribution in [-0.4, -0.2) is 15.0 Å². The van der Waals surface area contributed by atoms with Gasteiger partial charge in [0.05, 0.1) is 0 Å². The highest BCUT2D eigenvalue weighted by Crippen LogP contribution is 2.50. The molecule has 11 aromatic carbocycles. The number of rotatable bonds is 6. The first-order valence-corrected chi connectivity index (χ1v) is 22.8. The van der Waals surface area contributed by atoms with Crippen molar-refractivity contribution < 1.29 is 0 Å². The first-order valence-electron chi connectivity index (χ1n) is 22.0. The van der Waals surface area contributed by atoms with Crippen LogP contribution in [0.4, 0.5) is 0 Å². The van der Waals surface area contributed by atoms with Gasteiger partial charge in [0.1, 0.15) is 0 Å². The van der Waals surface area contributed by atoms with Gasteiger partial charge in [0.15, 0.2) is 17.5 Å². The topological polar surface area (TPSA) is 38.7 Å². The molecule has 0 unspecified atom stereocenters. The van der Waals surface area contributed by atoms with Crippen molar-refractivity contribution in [2.75, 3.05) is 0 Å². The Balaban J connectivity index is 1.07. The van der Waals surface area contributed by atoms with Gasteiger partial charge in [0.2, 0.25) is 0 Å². The second-order valence-corrected chi connectivity index (χ2v) is 17.7. The number of hydrogen-bond donors (Lipinski definition) is 0. The van der Waals surface area contributed by atoms with Gasteiger partial charge < -0.3 is 0 Å². The van der Waals surface area contributed by atoms with Crippen molar-refractivity contribution in [1.82, 2.24) is 15.0 Å². The zero-order chi connectivity index (χ0) is 42.8. The van der Waals surface area contributed by atoms with E-state index in [2.05, 4.69) is 188 Å². The summed E-state index contributed by atoms with van der Waals surface area (Å²) in [4.78, 5) is 15.6. The molecule has 4 heteroatoms. The van der Waals surface area contributed by atoms with E-state index in [0.29, 0.717) is 17.5 Å². The van der Waals surface area contributed by atoms with E-state index in [4.69, 9.17) is 15.0 Å². The molecule has 0 aliphatic heterocycles. The second kappa shape index (κ2) is 15.2. The number of thiophene rings is 1. The third-order valence-electron chi connectivity index (χ3n) is 12.9. The highest BCUT2D eigenvalue weighted by molar-refractivity contribution is 7.26. The molecule has 13 rings (SSSR count). The van der Waals surface area contributed by atoms with E-state index in [1.165, 1.54) is 75.1 Å². The van der Waals surface area contributed by atoms with Crippen LogP contribution in [0.15, 0.2) is 224 Å². The SMILES string of the molecule is c1ccc(-c2nc(-c3ccccc3)nc(-c3c4ccccc4c(-c4cccc5sc6ccc(-c7c8ccccc8c(-c8ccccc8)c8ccccc78)cc6c45)c4ccccc34)n2)cc1. The Morgan fingerprint density at radius 3 is 1.14 bits per heavy atom. The van der Waals surface area contributed by atoms with Crippen molar-refractivity contribution in [3.05, 3.63) is 224 Å². The van der Waals surface area contributed by atoms with Crippen LogP contribution in [0.5, 0.6) is 0 Å². The normalized spacial score (nSPS) is 11.7. The summed E-state index contributed by atoms with van der Waals surface area (Å²) in [6.07, 6.45) is 0. The summed E-state index contributed by atoms with van der Waals surface area (Å²) >= 11 is 1.86. The molecule has 0 spiro atoms. The van der Waals surface area contributed by atoms with Crippen LogP contribution in [0.1, 0.15) is 0 Å². The number of nitrogens with zero attached hydrogens (tertiary/aromatic N) is 3. The Labute approximate surface area is 379 Å². The molecule has 0 N–H and O–H groups in total. The molecule has 2 heterocycles. The smallest absolute Gasteiger partial charge is 0.165 e. The van der Waals surface area contributed by atoms with Gasteiger partial charge in [0.25, 0.3) is 0 Å². The molecule has 0 fully saturated rings. The fourth-order valence-corrected chi connectivity index (χ4v) is 11.2. The molecule has 302 valence electrons. The monoisotopic (exact) mass is 843 g/mol. The Morgan fingerprint density at radius 1 is 0.246 bits per heavy atom. The lowest BCUT2D eigenvalue weighted by molar-refractivity contribution is 1.08. The fraction of sp³-hybridized carbons (Fsp3) is 0. The highest BCUT2D eigenvalue weighted by Gasteiger charge is 2.23. The maximum atomic E-state index is 5.27. The Morgan fingerprint density at radius 2 is 0.646 bits per heavy atom. The average molecular weight is 844 g/mol. The minimum Gasteiger partial charge on any atom is -0.208 e. The average Bonchev–Trinajstić information content (AvgIpc) is 3.76. The zero-order valence-electron chi connectivity index (χ0n) is 35.1. The van der Waals surface area contributed by atoms with E-state index in [1.807, 2.05) is 47.7 Å². The van der Waals surface area contributed by atoms with Gasteiger partial charge in [-0.05, 0) is 94.7 Å². The van der Waals surface area contributed by atoms with Crippen molar-refractivity contribution in [2.24, 2.45) is 0 Å². The molecule has 0 aliphatic rings. The van der Waals surface area contributed by atoms with Crippen LogP contribution < -0.4 is 0 Å². The minimum absolute atomic E-state index is 0.646. The lowest BCUT2D eigenvalue weighted by Gasteiger charge is -2.19. The van der Waals surface area contributed by atoms with E-state index in [0.717, 1.165) is 38.2 Å². The van der Waals surface area contributed by atoms with E-state index >= 15 is 0 Å². The first kappa shape index (κ1) is 37.3. The third-order valence-corrected chi connectivity index (χ3v) is 14.0. The van der Waals surface area contributed by atoms with E-state index in [9.17, 15) is 0 Å². The molecule has 65 heavy (non-hydrogen) atoms. The Bertz CT molecular complexity index is 3820. The molecule has 0 bridgehead atoms. The lowest BCUT2D eigenvalue weighted by Crippen LogP contribution is -2.01. The molecule has 0 saturated carbocycles. The summed E-state index contributed by atoms with van der Waals surface area (Å²) in [5.74, 6) is 1.94. The van der Waals surface area contributed by atoms with Gasteiger partial charge in [-0.2, -0.15) is 0 Å². The standard InChI is InChI=1S/C61H37N3S/c1-4-19-38(20-5-1)54-42-25-10-12-27-44(42)55(45-28-13-11-26-43(45)54)41-35-36-52-51(37-41)57-50(33-18-34-53(57)65-52)56-46-29-14-16-31-48(46)58(49-32-17-15-30-47(49)56)61-63-59(39-21-6-2-7-22-39)62-60(64-61)40-23-8-3-9-24-40/h1-37H. The van der Waals surface area contributed by atoms with Crippen molar-refractivity contribution in [2.45, 2.75) is 0 Å².